The van der Waals surface area contributed by atoms with Crippen LogP contribution in [0, 0.1) is 24.2 Å². The molecule has 0 amide bonds. The second-order valence-corrected chi connectivity index (χ2v) is 5.70. The Balaban J connectivity index is 2.33. The lowest BCUT2D eigenvalue weighted by atomic mass is 10.1. The third kappa shape index (κ3) is 4.16. The van der Waals surface area contributed by atoms with Gasteiger partial charge in [-0.3, -0.25) is 0 Å². The maximum atomic E-state index is 5.99. The van der Waals surface area contributed by atoms with E-state index >= 15 is 0 Å². The Hall–Kier alpha value is -2.30. The first-order chi connectivity index (χ1) is 11.8. The van der Waals surface area contributed by atoms with Crippen LogP contribution in [0.15, 0.2) is 24.3 Å². The number of benzene rings is 1. The first-order valence-electron chi connectivity index (χ1n) is 8.65. The van der Waals surface area contributed by atoms with Crippen molar-refractivity contribution in [3.05, 3.63) is 24.3 Å². The Labute approximate surface area is 144 Å². The van der Waals surface area contributed by atoms with Crippen molar-refractivity contribution < 1.29 is 4.74 Å². The van der Waals surface area contributed by atoms with E-state index in [0.29, 0.717) is 13.0 Å². The number of para-hydroxylation sites is 1. The van der Waals surface area contributed by atoms with Crippen LogP contribution in [0.4, 0.5) is 0 Å². The van der Waals surface area contributed by atoms with Gasteiger partial charge in [-0.05, 0) is 31.4 Å². The SMILES string of the molecule is C#CCC(C#CCCCCCC)(OCC)n1nnc2ccccc21. The van der Waals surface area contributed by atoms with Crippen molar-refractivity contribution >= 4 is 11.0 Å². The van der Waals surface area contributed by atoms with Crippen molar-refractivity contribution in [2.24, 2.45) is 0 Å². The van der Waals surface area contributed by atoms with E-state index in [-0.39, 0.29) is 0 Å². The third-order valence-electron chi connectivity index (χ3n) is 3.86. The van der Waals surface area contributed by atoms with E-state index in [1.165, 1.54) is 19.3 Å². The van der Waals surface area contributed by atoms with Crippen molar-refractivity contribution in [3.63, 3.8) is 0 Å². The van der Waals surface area contributed by atoms with Gasteiger partial charge in [-0.1, -0.05) is 49.5 Å². The van der Waals surface area contributed by atoms with Crippen LogP contribution in [0.2, 0.25) is 0 Å². The van der Waals surface area contributed by atoms with E-state index in [9.17, 15) is 0 Å². The molecular formula is C20H25N3O. The van der Waals surface area contributed by atoms with Gasteiger partial charge in [-0.15, -0.1) is 17.4 Å². The number of terminal acetylenes is 1. The van der Waals surface area contributed by atoms with E-state index < -0.39 is 5.72 Å². The summed E-state index contributed by atoms with van der Waals surface area (Å²) in [6.07, 6.45) is 11.5. The Bertz CT molecular complexity index is 747. The van der Waals surface area contributed by atoms with Gasteiger partial charge in [0, 0.05) is 13.0 Å². The summed E-state index contributed by atoms with van der Waals surface area (Å²) >= 11 is 0. The van der Waals surface area contributed by atoms with E-state index in [0.717, 1.165) is 23.9 Å². The molecule has 24 heavy (non-hydrogen) atoms. The molecule has 1 atom stereocenters. The van der Waals surface area contributed by atoms with Gasteiger partial charge in [0.25, 0.3) is 0 Å². The summed E-state index contributed by atoms with van der Waals surface area (Å²) in [4.78, 5) is 0. The number of ether oxygens (including phenoxy) is 1. The molecule has 0 aliphatic heterocycles. The summed E-state index contributed by atoms with van der Waals surface area (Å²) in [7, 11) is 0. The summed E-state index contributed by atoms with van der Waals surface area (Å²) in [5, 5.41) is 8.49. The molecule has 0 saturated carbocycles. The van der Waals surface area contributed by atoms with Gasteiger partial charge in [-0.2, -0.15) is 0 Å². The molecule has 0 bridgehead atoms. The molecule has 2 aromatic rings. The van der Waals surface area contributed by atoms with Gasteiger partial charge in [-0.25, -0.2) is 4.68 Å². The van der Waals surface area contributed by atoms with Gasteiger partial charge in [0.1, 0.15) is 5.52 Å². The Kier molecular flexibility index (Phi) is 6.85. The molecule has 4 nitrogen and oxygen atoms in total. The van der Waals surface area contributed by atoms with Crippen molar-refractivity contribution in [1.82, 2.24) is 15.0 Å². The van der Waals surface area contributed by atoms with Gasteiger partial charge in [0.15, 0.2) is 0 Å². The predicted molar refractivity (Wildman–Crippen MR) is 97.1 cm³/mol. The van der Waals surface area contributed by atoms with Crippen LogP contribution in [0.3, 0.4) is 0 Å². The first-order valence-corrected chi connectivity index (χ1v) is 8.65. The fourth-order valence-electron chi connectivity index (χ4n) is 2.67. The normalized spacial score (nSPS) is 13.0. The number of unbranched alkanes of at least 4 members (excludes halogenated alkanes) is 4. The van der Waals surface area contributed by atoms with E-state index in [1.54, 1.807) is 4.68 Å². The predicted octanol–water partition coefficient (Wildman–Crippen LogP) is 4.12. The molecule has 0 fully saturated rings. The van der Waals surface area contributed by atoms with E-state index in [2.05, 4.69) is 35.0 Å². The van der Waals surface area contributed by atoms with Gasteiger partial charge in [0.05, 0.1) is 11.9 Å². The van der Waals surface area contributed by atoms with Crippen LogP contribution >= 0.6 is 0 Å². The summed E-state index contributed by atoms with van der Waals surface area (Å²) < 4.78 is 7.72. The minimum Gasteiger partial charge on any atom is -0.343 e. The van der Waals surface area contributed by atoms with Crippen molar-refractivity contribution in [3.8, 4) is 24.2 Å². The number of fused-ring (bicyclic) bond motifs is 1. The topological polar surface area (TPSA) is 39.9 Å². The van der Waals surface area contributed by atoms with Crippen LogP contribution in [0.1, 0.15) is 52.4 Å². The van der Waals surface area contributed by atoms with Crippen LogP contribution in [-0.2, 0) is 10.5 Å². The zero-order valence-electron chi connectivity index (χ0n) is 14.6. The molecule has 2 rings (SSSR count). The second-order valence-electron chi connectivity index (χ2n) is 5.70. The summed E-state index contributed by atoms with van der Waals surface area (Å²) in [6.45, 7) is 4.64. The molecule has 0 aliphatic carbocycles. The smallest absolute Gasteiger partial charge is 0.237 e. The van der Waals surface area contributed by atoms with Crippen LogP contribution < -0.4 is 0 Å². The zero-order valence-corrected chi connectivity index (χ0v) is 14.6. The molecule has 0 N–H and O–H groups in total. The molecule has 0 radical (unpaired) electrons. The summed E-state index contributed by atoms with van der Waals surface area (Å²) in [5.41, 5.74) is 0.731. The molecule has 0 aliphatic rings. The van der Waals surface area contributed by atoms with Crippen LogP contribution in [0.5, 0.6) is 0 Å². The quantitative estimate of drug-likeness (QED) is 0.542. The average Bonchev–Trinajstić information content (AvgIpc) is 3.03. The van der Waals surface area contributed by atoms with Gasteiger partial charge in [0.2, 0.25) is 5.72 Å². The van der Waals surface area contributed by atoms with Crippen molar-refractivity contribution in [2.45, 2.75) is 58.1 Å². The summed E-state index contributed by atoms with van der Waals surface area (Å²) in [5.74, 6) is 9.19. The van der Waals surface area contributed by atoms with Crippen LogP contribution in [0.25, 0.3) is 11.0 Å². The molecule has 0 spiro atoms. The highest BCUT2D eigenvalue weighted by molar-refractivity contribution is 5.74. The molecule has 1 heterocycles. The maximum Gasteiger partial charge on any atom is 0.237 e. The Morgan fingerprint density at radius 2 is 2.04 bits per heavy atom. The molecule has 4 heteroatoms. The molecule has 1 aromatic carbocycles. The number of aromatic nitrogens is 3. The number of rotatable bonds is 8. The molecule has 1 unspecified atom stereocenters. The molecule has 0 saturated heterocycles. The lowest BCUT2D eigenvalue weighted by Gasteiger charge is -2.27. The highest BCUT2D eigenvalue weighted by Gasteiger charge is 2.33. The fourth-order valence-corrected chi connectivity index (χ4v) is 2.67. The lowest BCUT2D eigenvalue weighted by molar-refractivity contribution is -0.0563. The van der Waals surface area contributed by atoms with E-state index in [4.69, 9.17) is 11.2 Å². The largest absolute Gasteiger partial charge is 0.343 e. The first kappa shape index (κ1) is 18.0. The number of nitrogens with zero attached hydrogens (tertiary/aromatic N) is 3. The standard InChI is InChI=1S/C20H25N3O/c1-4-7-8-9-10-13-17-20(16-5-2,24-6-3)23-19-15-12-11-14-18(19)21-22-23/h2,11-12,14-15H,4,6-10,16H2,1,3H3. The second kappa shape index (κ2) is 9.11. The maximum absolute atomic E-state index is 5.99. The monoisotopic (exact) mass is 323 g/mol. The Morgan fingerprint density at radius 1 is 1.21 bits per heavy atom. The zero-order chi connectivity index (χ0) is 17.3. The molecule has 126 valence electrons. The lowest BCUT2D eigenvalue weighted by Crippen LogP contribution is -2.36. The van der Waals surface area contributed by atoms with Crippen LogP contribution in [-0.4, -0.2) is 21.6 Å². The van der Waals surface area contributed by atoms with Crippen molar-refractivity contribution in [1.29, 1.82) is 0 Å². The molecular weight excluding hydrogens is 298 g/mol. The average molecular weight is 323 g/mol. The van der Waals surface area contributed by atoms with Crippen molar-refractivity contribution in [2.75, 3.05) is 6.61 Å². The Morgan fingerprint density at radius 3 is 2.79 bits per heavy atom. The highest BCUT2D eigenvalue weighted by atomic mass is 16.5. The minimum atomic E-state index is -0.954. The summed E-state index contributed by atoms with van der Waals surface area (Å²) in [6, 6.07) is 7.77. The molecule has 1 aromatic heterocycles. The van der Waals surface area contributed by atoms with Gasteiger partial charge < -0.3 is 4.74 Å². The highest BCUT2D eigenvalue weighted by Crippen LogP contribution is 2.25. The van der Waals surface area contributed by atoms with Gasteiger partial charge >= 0.3 is 0 Å². The fraction of sp³-hybridized carbons (Fsp3) is 0.500. The third-order valence-corrected chi connectivity index (χ3v) is 3.86. The number of hydrogen-bond acceptors (Lipinski definition) is 3. The minimum absolute atomic E-state index is 0.330. The van der Waals surface area contributed by atoms with E-state index in [1.807, 2.05) is 31.2 Å². The number of hydrogen-bond donors (Lipinski definition) is 0.